The summed E-state index contributed by atoms with van der Waals surface area (Å²) in [5.74, 6) is -0.250. The van der Waals surface area contributed by atoms with Gasteiger partial charge in [-0.3, -0.25) is 0 Å². The second kappa shape index (κ2) is 6.74. The van der Waals surface area contributed by atoms with Gasteiger partial charge < -0.3 is 10.0 Å². The fourth-order valence-electron chi connectivity index (χ4n) is 3.83. The second-order valence-corrected chi connectivity index (χ2v) is 11.2. The molecule has 0 aliphatic carbocycles. The predicted molar refractivity (Wildman–Crippen MR) is 80.0 cm³/mol. The van der Waals surface area contributed by atoms with Gasteiger partial charge in [-0.2, -0.15) is 5.26 Å². The molecule has 0 rings (SSSR count). The monoisotopic (exact) mass is 269 g/mol. The Balaban J connectivity index is 5.96. The Hall–Kier alpha value is -0.308. The largest absolute Gasteiger partial charge is 0.455 e. The van der Waals surface area contributed by atoms with Gasteiger partial charge >= 0.3 is 7.12 Å². The lowest BCUT2D eigenvalue weighted by Gasteiger charge is -2.50. The van der Waals surface area contributed by atoms with E-state index in [1.165, 1.54) is 0 Å². The van der Waals surface area contributed by atoms with Gasteiger partial charge in [0.05, 0.1) is 19.2 Å². The van der Waals surface area contributed by atoms with Gasteiger partial charge in [0.15, 0.2) is 0 Å². The molecule has 0 heterocycles. The maximum Gasteiger partial charge on any atom is 0.455 e. The molecule has 0 bridgehead atoms. The Morgan fingerprint density at radius 2 is 1.50 bits per heavy atom. The fraction of sp³-hybridized carbons (Fsp3) is 0.923. The molecule has 104 valence electrons. The molecule has 0 aliphatic rings. The van der Waals surface area contributed by atoms with E-state index in [4.69, 9.17) is 0 Å². The van der Waals surface area contributed by atoms with E-state index >= 15 is 0 Å². The summed E-state index contributed by atoms with van der Waals surface area (Å²) < 4.78 is 0. The lowest BCUT2D eigenvalue weighted by Crippen LogP contribution is -2.53. The van der Waals surface area contributed by atoms with Crippen molar-refractivity contribution in [2.24, 2.45) is 5.92 Å². The van der Waals surface area contributed by atoms with Crippen LogP contribution in [0.5, 0.6) is 0 Å². The van der Waals surface area contributed by atoms with E-state index in [2.05, 4.69) is 26.8 Å². The van der Waals surface area contributed by atoms with Crippen LogP contribution in [0.3, 0.4) is 0 Å². The van der Waals surface area contributed by atoms with Crippen LogP contribution in [-0.2, 0) is 0 Å². The molecule has 18 heavy (non-hydrogen) atoms. The van der Waals surface area contributed by atoms with Gasteiger partial charge in [0.25, 0.3) is 0 Å². The van der Waals surface area contributed by atoms with Crippen LogP contribution >= 0.6 is 0 Å². The third-order valence-electron chi connectivity index (χ3n) is 5.17. The van der Waals surface area contributed by atoms with Crippen molar-refractivity contribution in [1.29, 1.82) is 5.26 Å². The molecule has 3 nitrogen and oxygen atoms in total. The summed E-state index contributed by atoms with van der Waals surface area (Å²) in [6.45, 7) is 12.4. The first kappa shape index (κ1) is 17.7. The van der Waals surface area contributed by atoms with E-state index in [1.807, 2.05) is 20.8 Å². The lowest BCUT2D eigenvalue weighted by molar-refractivity contribution is 0.345. The van der Waals surface area contributed by atoms with Gasteiger partial charge in [-0.1, -0.05) is 59.7 Å². The van der Waals surface area contributed by atoms with E-state index in [0.29, 0.717) is 0 Å². The van der Waals surface area contributed by atoms with Crippen LogP contribution in [0.4, 0.5) is 0 Å². The van der Waals surface area contributed by atoms with Crippen molar-refractivity contribution in [2.75, 3.05) is 0 Å². The molecule has 5 heteroatoms. The Kier molecular flexibility index (Phi) is 6.63. The highest BCUT2D eigenvalue weighted by Crippen LogP contribution is 2.58. The quantitative estimate of drug-likeness (QED) is 0.697. The molecule has 2 atom stereocenters. The Morgan fingerprint density at radius 1 is 1.11 bits per heavy atom. The van der Waals surface area contributed by atoms with Crippen LogP contribution in [0, 0.1) is 17.2 Å². The lowest BCUT2D eigenvalue weighted by atomic mass is 9.63. The van der Waals surface area contributed by atoms with E-state index < -0.39 is 26.0 Å². The molecule has 0 saturated heterocycles. The van der Waals surface area contributed by atoms with Crippen molar-refractivity contribution in [1.82, 2.24) is 0 Å². The molecular formula is C13H28BNO2Si. The molecule has 2 N–H and O–H groups in total. The average molecular weight is 269 g/mol. The number of nitriles is 1. The number of nitrogens with zero attached hydrogens (tertiary/aromatic N) is 1. The number of rotatable bonds is 7. The second-order valence-electron chi connectivity index (χ2n) is 5.68. The van der Waals surface area contributed by atoms with Crippen molar-refractivity contribution in [3.05, 3.63) is 0 Å². The van der Waals surface area contributed by atoms with E-state index in [-0.39, 0.29) is 5.92 Å². The van der Waals surface area contributed by atoms with Crippen LogP contribution in [0.2, 0.25) is 29.0 Å². The van der Waals surface area contributed by atoms with Crippen molar-refractivity contribution in [3.8, 4) is 6.07 Å². The van der Waals surface area contributed by atoms with E-state index in [1.54, 1.807) is 0 Å². The predicted octanol–water partition coefficient (Wildman–Crippen LogP) is 3.28. The van der Waals surface area contributed by atoms with Gasteiger partial charge in [-0.15, -0.1) is 0 Å². The maximum atomic E-state index is 9.86. The molecule has 0 saturated carbocycles. The number of hydrogen-bond donors (Lipinski definition) is 2. The zero-order valence-electron chi connectivity index (χ0n) is 12.7. The summed E-state index contributed by atoms with van der Waals surface area (Å²) in [7, 11) is -3.28. The highest BCUT2D eigenvalue weighted by atomic mass is 28.3. The molecule has 0 amide bonds. The van der Waals surface area contributed by atoms with E-state index in [0.717, 1.165) is 18.1 Å². The average Bonchev–Trinajstić information content (AvgIpc) is 2.35. The third-order valence-corrected chi connectivity index (χ3v) is 12.1. The Morgan fingerprint density at radius 3 is 1.67 bits per heavy atom. The Labute approximate surface area is 113 Å². The Bertz CT molecular complexity index is 292. The van der Waals surface area contributed by atoms with Gasteiger partial charge in [0.1, 0.15) is 0 Å². The van der Waals surface area contributed by atoms with Crippen LogP contribution in [0.1, 0.15) is 41.5 Å². The molecule has 0 aromatic rings. The minimum Gasteiger partial charge on any atom is -0.427 e. The minimum atomic E-state index is -1.87. The fourth-order valence-corrected chi connectivity index (χ4v) is 9.67. The van der Waals surface area contributed by atoms with Crippen molar-refractivity contribution in [2.45, 2.75) is 70.5 Å². The molecule has 0 aromatic carbocycles. The summed E-state index contributed by atoms with van der Waals surface area (Å²) in [6, 6.07) is 5.58. The first-order valence-corrected chi connectivity index (χ1v) is 9.69. The highest BCUT2D eigenvalue weighted by Gasteiger charge is 2.57. The summed E-state index contributed by atoms with van der Waals surface area (Å²) >= 11 is 0. The van der Waals surface area contributed by atoms with Crippen LogP contribution in [-0.4, -0.2) is 25.2 Å². The standard InChI is InChI=1S/C13H28BNO2Si/c1-7-18(8-2,9-3)13(10-15,11(4)5)12(6)14(16)17/h11-12,16-17H,7-9H2,1-6H3. The zero-order valence-corrected chi connectivity index (χ0v) is 13.7. The first-order valence-electron chi connectivity index (χ1n) is 7.06. The van der Waals surface area contributed by atoms with Crippen LogP contribution in [0.25, 0.3) is 0 Å². The molecule has 0 aromatic heterocycles. The normalized spacial score (nSPS) is 17.1. The summed E-state index contributed by atoms with van der Waals surface area (Å²) in [5, 5.41) is 28.5. The van der Waals surface area contributed by atoms with Crippen molar-refractivity contribution < 1.29 is 10.0 Å². The molecule has 0 radical (unpaired) electrons. The minimum absolute atomic E-state index is 0.144. The third kappa shape index (κ3) is 2.52. The van der Waals surface area contributed by atoms with Crippen LogP contribution in [0.15, 0.2) is 0 Å². The van der Waals surface area contributed by atoms with Gasteiger partial charge in [0.2, 0.25) is 0 Å². The molecule has 0 aliphatic heterocycles. The van der Waals surface area contributed by atoms with Crippen molar-refractivity contribution in [3.63, 3.8) is 0 Å². The highest BCUT2D eigenvalue weighted by molar-refractivity contribution is 6.84. The number of hydrogen-bond acceptors (Lipinski definition) is 3. The van der Waals surface area contributed by atoms with Gasteiger partial charge in [-0.05, 0) is 5.92 Å². The van der Waals surface area contributed by atoms with Crippen molar-refractivity contribution >= 4 is 15.2 Å². The zero-order chi connectivity index (χ0) is 14.6. The topological polar surface area (TPSA) is 64.2 Å². The van der Waals surface area contributed by atoms with E-state index in [9.17, 15) is 15.3 Å². The smallest absolute Gasteiger partial charge is 0.427 e. The van der Waals surface area contributed by atoms with Crippen LogP contribution < -0.4 is 0 Å². The summed E-state index contributed by atoms with van der Waals surface area (Å²) in [5.41, 5.74) is 0. The first-order chi connectivity index (χ1) is 8.29. The molecule has 2 unspecified atom stereocenters. The molecule has 0 spiro atoms. The van der Waals surface area contributed by atoms with Gasteiger partial charge in [0, 0.05) is 5.82 Å². The SMILES string of the molecule is CC[Si](CC)(CC)C(C#N)(C(C)C)C(C)B(O)O. The molecule has 0 fully saturated rings. The van der Waals surface area contributed by atoms with Gasteiger partial charge in [-0.25, -0.2) is 0 Å². The molecular weight excluding hydrogens is 241 g/mol. The maximum absolute atomic E-state index is 9.86. The summed E-state index contributed by atoms with van der Waals surface area (Å²) in [4.78, 5) is 0. The summed E-state index contributed by atoms with van der Waals surface area (Å²) in [6.07, 6.45) is 0.